The summed E-state index contributed by atoms with van der Waals surface area (Å²) in [6.07, 6.45) is 17.3. The minimum absolute atomic E-state index is 1.03. The molecule has 0 aromatic rings. The van der Waals surface area contributed by atoms with Gasteiger partial charge in [-0.1, -0.05) is 105 Å². The van der Waals surface area contributed by atoms with E-state index in [9.17, 15) is 0 Å². The first-order valence-electron chi connectivity index (χ1n) is 8.79. The highest BCUT2D eigenvalue weighted by Gasteiger charge is 2.19. The van der Waals surface area contributed by atoms with Gasteiger partial charge in [0.2, 0.25) is 0 Å². The van der Waals surface area contributed by atoms with Crippen molar-refractivity contribution in [3.8, 4) is 0 Å². The zero-order valence-electron chi connectivity index (χ0n) is 13.6. The molecule has 0 aromatic heterocycles. The zero-order valence-corrected chi connectivity index (χ0v) is 13.6. The maximum absolute atomic E-state index is 2.36. The van der Waals surface area contributed by atoms with Crippen LogP contribution in [0.5, 0.6) is 0 Å². The van der Waals surface area contributed by atoms with Gasteiger partial charge in [-0.15, -0.1) is 0 Å². The molecule has 18 heavy (non-hydrogen) atoms. The predicted molar refractivity (Wildman–Crippen MR) is 85.1 cm³/mol. The van der Waals surface area contributed by atoms with Crippen molar-refractivity contribution in [1.29, 1.82) is 0 Å². The monoisotopic (exact) mass is 254 g/mol. The van der Waals surface area contributed by atoms with Crippen molar-refractivity contribution in [3.63, 3.8) is 0 Å². The van der Waals surface area contributed by atoms with Crippen LogP contribution in [0.4, 0.5) is 0 Å². The van der Waals surface area contributed by atoms with Gasteiger partial charge in [0.1, 0.15) is 0 Å². The van der Waals surface area contributed by atoms with Crippen molar-refractivity contribution >= 4 is 0 Å². The lowest BCUT2D eigenvalue weighted by Gasteiger charge is -2.27. The minimum atomic E-state index is 1.03. The topological polar surface area (TPSA) is 0 Å². The fourth-order valence-corrected chi connectivity index (χ4v) is 3.29. The van der Waals surface area contributed by atoms with E-state index < -0.39 is 0 Å². The molecule has 0 saturated carbocycles. The van der Waals surface area contributed by atoms with Crippen LogP contribution in [0.3, 0.4) is 0 Å². The van der Waals surface area contributed by atoms with Gasteiger partial charge < -0.3 is 0 Å². The van der Waals surface area contributed by atoms with E-state index in [1.807, 2.05) is 0 Å². The van der Waals surface area contributed by atoms with Crippen molar-refractivity contribution in [2.75, 3.05) is 0 Å². The van der Waals surface area contributed by atoms with Gasteiger partial charge in [0.25, 0.3) is 0 Å². The summed E-state index contributed by atoms with van der Waals surface area (Å²) in [6, 6.07) is 0. The van der Waals surface area contributed by atoms with Crippen LogP contribution >= 0.6 is 0 Å². The Hall–Kier alpha value is 0. The van der Waals surface area contributed by atoms with Crippen molar-refractivity contribution in [3.05, 3.63) is 0 Å². The summed E-state index contributed by atoms with van der Waals surface area (Å²) in [5, 5.41) is 0. The highest BCUT2D eigenvalue weighted by Crippen LogP contribution is 2.31. The highest BCUT2D eigenvalue weighted by atomic mass is 14.2. The second-order valence-corrected chi connectivity index (χ2v) is 6.09. The van der Waals surface area contributed by atoms with E-state index in [1.165, 1.54) is 77.0 Å². The average Bonchev–Trinajstić information content (AvgIpc) is 2.37. The Morgan fingerprint density at radius 2 is 0.833 bits per heavy atom. The molecule has 0 radical (unpaired) electrons. The predicted octanol–water partition coefficient (Wildman–Crippen LogP) is 6.98. The Morgan fingerprint density at radius 1 is 0.444 bits per heavy atom. The molecule has 0 nitrogen and oxygen atoms in total. The lowest BCUT2D eigenvalue weighted by molar-refractivity contribution is 0.246. The van der Waals surface area contributed by atoms with Gasteiger partial charge in [-0.25, -0.2) is 0 Å². The van der Waals surface area contributed by atoms with Gasteiger partial charge in [0, 0.05) is 0 Å². The minimum Gasteiger partial charge on any atom is -0.0654 e. The van der Waals surface area contributed by atoms with Gasteiger partial charge >= 0.3 is 0 Å². The molecule has 0 aromatic carbocycles. The fourth-order valence-electron chi connectivity index (χ4n) is 3.29. The molecule has 0 amide bonds. The van der Waals surface area contributed by atoms with Crippen molar-refractivity contribution < 1.29 is 0 Å². The molecule has 0 aliphatic heterocycles. The maximum atomic E-state index is 2.36. The number of unbranched alkanes of at least 4 members (excludes halogenated alkanes) is 4. The molecule has 2 unspecified atom stereocenters. The summed E-state index contributed by atoms with van der Waals surface area (Å²) in [4.78, 5) is 0. The fraction of sp³-hybridized carbons (Fsp3) is 1.00. The van der Waals surface area contributed by atoms with Gasteiger partial charge in [0.05, 0.1) is 0 Å². The van der Waals surface area contributed by atoms with Gasteiger partial charge in [-0.2, -0.15) is 0 Å². The average molecular weight is 255 g/mol. The molecular weight excluding hydrogens is 216 g/mol. The summed E-state index contributed by atoms with van der Waals surface area (Å²) < 4.78 is 0. The highest BCUT2D eigenvalue weighted by molar-refractivity contribution is 4.70. The molecule has 0 fully saturated rings. The van der Waals surface area contributed by atoms with E-state index in [-0.39, 0.29) is 0 Å². The van der Waals surface area contributed by atoms with E-state index in [0.717, 1.165) is 11.8 Å². The van der Waals surface area contributed by atoms with Crippen LogP contribution in [0.2, 0.25) is 0 Å². The van der Waals surface area contributed by atoms with Crippen LogP contribution in [0.1, 0.15) is 105 Å². The molecule has 2 atom stereocenters. The molecule has 0 aliphatic carbocycles. The normalized spacial score (nSPS) is 14.7. The second kappa shape index (κ2) is 13.4. The molecule has 0 aliphatic rings. The Morgan fingerprint density at radius 3 is 1.11 bits per heavy atom. The first-order valence-corrected chi connectivity index (χ1v) is 8.79. The summed E-state index contributed by atoms with van der Waals surface area (Å²) >= 11 is 0. The van der Waals surface area contributed by atoms with Crippen LogP contribution in [-0.2, 0) is 0 Å². The molecule has 0 spiro atoms. The standard InChI is InChI=1S/C18H38/c1-5-9-11-15-17(13-7-3)18(14-8-4)16-12-10-6-2/h17-18H,5-16H2,1-4H3. The van der Waals surface area contributed by atoms with Crippen LogP contribution in [0.25, 0.3) is 0 Å². The number of hydrogen-bond acceptors (Lipinski definition) is 0. The van der Waals surface area contributed by atoms with E-state index in [2.05, 4.69) is 27.7 Å². The lowest BCUT2D eigenvalue weighted by Crippen LogP contribution is -2.15. The zero-order chi connectivity index (χ0) is 13.6. The quantitative estimate of drug-likeness (QED) is 0.311. The molecular formula is C18H38. The third-order valence-corrected chi connectivity index (χ3v) is 4.34. The molecule has 110 valence electrons. The van der Waals surface area contributed by atoms with Crippen LogP contribution in [0, 0.1) is 11.8 Å². The largest absolute Gasteiger partial charge is 0.0654 e. The summed E-state index contributed by atoms with van der Waals surface area (Å²) in [5.74, 6) is 2.05. The van der Waals surface area contributed by atoms with E-state index in [1.54, 1.807) is 0 Å². The van der Waals surface area contributed by atoms with Crippen molar-refractivity contribution in [2.45, 2.75) is 105 Å². The number of rotatable bonds is 13. The Balaban J connectivity index is 4.15. The van der Waals surface area contributed by atoms with Crippen molar-refractivity contribution in [1.82, 2.24) is 0 Å². The SMILES string of the molecule is CCCCCC(CCC)C(CCC)CCCCC. The van der Waals surface area contributed by atoms with E-state index >= 15 is 0 Å². The summed E-state index contributed by atoms with van der Waals surface area (Å²) in [6.45, 7) is 9.36. The summed E-state index contributed by atoms with van der Waals surface area (Å²) in [5.41, 5.74) is 0. The molecule has 0 heteroatoms. The smallest absolute Gasteiger partial charge is 0.0386 e. The van der Waals surface area contributed by atoms with Gasteiger partial charge in [0.15, 0.2) is 0 Å². The van der Waals surface area contributed by atoms with E-state index in [0.29, 0.717) is 0 Å². The Bertz CT molecular complexity index is 132. The molecule has 0 heterocycles. The van der Waals surface area contributed by atoms with E-state index in [4.69, 9.17) is 0 Å². The first kappa shape index (κ1) is 18.0. The third kappa shape index (κ3) is 9.00. The van der Waals surface area contributed by atoms with Gasteiger partial charge in [-0.3, -0.25) is 0 Å². The first-order chi connectivity index (χ1) is 8.79. The van der Waals surface area contributed by atoms with Crippen LogP contribution in [-0.4, -0.2) is 0 Å². The van der Waals surface area contributed by atoms with Crippen LogP contribution < -0.4 is 0 Å². The number of hydrogen-bond donors (Lipinski definition) is 0. The Kier molecular flexibility index (Phi) is 13.4. The van der Waals surface area contributed by atoms with Crippen molar-refractivity contribution in [2.24, 2.45) is 11.8 Å². The molecule has 0 N–H and O–H groups in total. The summed E-state index contributed by atoms with van der Waals surface area (Å²) in [7, 11) is 0. The molecule has 0 rings (SSSR count). The molecule has 0 saturated heterocycles. The maximum Gasteiger partial charge on any atom is -0.0386 e. The Labute approximate surface area is 117 Å². The van der Waals surface area contributed by atoms with Crippen LogP contribution in [0.15, 0.2) is 0 Å². The molecule has 0 bridgehead atoms. The third-order valence-electron chi connectivity index (χ3n) is 4.34. The lowest BCUT2D eigenvalue weighted by atomic mass is 9.79. The van der Waals surface area contributed by atoms with Gasteiger partial charge in [-0.05, 0) is 11.8 Å². The second-order valence-electron chi connectivity index (χ2n) is 6.09.